The number of aromatic nitrogens is 1. The average molecular weight is 450 g/mol. The van der Waals surface area contributed by atoms with Gasteiger partial charge in [-0.25, -0.2) is 8.42 Å². The maximum atomic E-state index is 13.0. The summed E-state index contributed by atoms with van der Waals surface area (Å²) in [5.74, 6) is 0.427. The molecule has 0 spiro atoms. The van der Waals surface area contributed by atoms with Crippen LogP contribution in [0, 0.1) is 0 Å². The lowest BCUT2D eigenvalue weighted by atomic mass is 10.1. The number of rotatable bonds is 5. The lowest BCUT2D eigenvalue weighted by Crippen LogP contribution is -2.44. The zero-order valence-electron chi connectivity index (χ0n) is 16.5. The Hall–Kier alpha value is -2.16. The highest BCUT2D eigenvalue weighted by molar-refractivity contribution is 7.89. The van der Waals surface area contributed by atoms with Crippen LogP contribution in [0.1, 0.15) is 36.0 Å². The van der Waals surface area contributed by atoms with Crippen LogP contribution in [0.15, 0.2) is 47.6 Å². The number of sulfonamides is 1. The highest BCUT2D eigenvalue weighted by atomic mass is 35.5. The molecule has 1 aromatic heterocycles. The quantitative estimate of drug-likeness (QED) is 0.700. The average Bonchev–Trinajstić information content (AvgIpc) is 3.31. The smallest absolute Gasteiger partial charge is 0.253 e. The number of carbonyl (C=O) groups excluding carboxylic acids is 1. The van der Waals surface area contributed by atoms with E-state index >= 15 is 0 Å². The number of amides is 1. The number of pyridine rings is 1. The summed E-state index contributed by atoms with van der Waals surface area (Å²) < 4.78 is 32.8. The second kappa shape index (κ2) is 8.91. The van der Waals surface area contributed by atoms with E-state index in [1.54, 1.807) is 29.3 Å². The topological polar surface area (TPSA) is 79.8 Å². The summed E-state index contributed by atoms with van der Waals surface area (Å²) in [6, 6.07) is 7.94. The molecule has 1 atom stereocenters. The van der Waals surface area contributed by atoms with E-state index in [0.717, 1.165) is 25.7 Å². The van der Waals surface area contributed by atoms with Crippen molar-refractivity contribution < 1.29 is 17.9 Å². The van der Waals surface area contributed by atoms with Crippen molar-refractivity contribution in [3.05, 3.63) is 53.3 Å². The Morgan fingerprint density at radius 3 is 2.50 bits per heavy atom. The molecule has 0 radical (unpaired) electrons. The van der Waals surface area contributed by atoms with E-state index in [1.807, 2.05) is 0 Å². The standard InChI is InChI=1S/C21H24ClN3O4S/c22-19-14-23-10-9-20(19)29-17-4-3-11-24(15-17)21(26)16-5-7-18(8-6-16)30(27,28)25-12-1-2-13-25/h5-10,14,17H,1-4,11-13,15H2. The zero-order chi connectivity index (χ0) is 21.1. The molecule has 0 bridgehead atoms. The minimum absolute atomic E-state index is 0.130. The minimum atomic E-state index is -3.48. The van der Waals surface area contributed by atoms with Gasteiger partial charge in [-0.3, -0.25) is 9.78 Å². The van der Waals surface area contributed by atoms with Crippen molar-refractivity contribution in [3.63, 3.8) is 0 Å². The maximum absolute atomic E-state index is 13.0. The van der Waals surface area contributed by atoms with Crippen LogP contribution in [0.2, 0.25) is 5.02 Å². The Balaban J connectivity index is 1.43. The second-order valence-corrected chi connectivity index (χ2v) is 9.92. The van der Waals surface area contributed by atoms with E-state index in [2.05, 4.69) is 4.98 Å². The molecule has 160 valence electrons. The molecule has 0 N–H and O–H groups in total. The summed E-state index contributed by atoms with van der Waals surface area (Å²) in [6.07, 6.45) is 6.41. The summed E-state index contributed by atoms with van der Waals surface area (Å²) in [4.78, 5) is 18.9. The molecule has 1 amide bonds. The number of likely N-dealkylation sites (tertiary alicyclic amines) is 1. The van der Waals surface area contributed by atoms with Crippen molar-refractivity contribution in [1.82, 2.24) is 14.2 Å². The van der Waals surface area contributed by atoms with Crippen molar-refractivity contribution in [1.29, 1.82) is 0 Å². The first-order chi connectivity index (χ1) is 14.4. The van der Waals surface area contributed by atoms with Gasteiger partial charge in [0.15, 0.2) is 0 Å². The van der Waals surface area contributed by atoms with Crippen molar-refractivity contribution in [2.45, 2.75) is 36.7 Å². The summed E-state index contributed by atoms with van der Waals surface area (Å²) in [7, 11) is -3.48. The molecule has 7 nitrogen and oxygen atoms in total. The summed E-state index contributed by atoms with van der Waals surface area (Å²) in [6.45, 7) is 2.20. The van der Waals surface area contributed by atoms with Crippen LogP contribution < -0.4 is 4.74 Å². The van der Waals surface area contributed by atoms with Crippen LogP contribution >= 0.6 is 11.6 Å². The monoisotopic (exact) mass is 449 g/mol. The third-order valence-electron chi connectivity index (χ3n) is 5.50. The van der Waals surface area contributed by atoms with Gasteiger partial charge in [0.25, 0.3) is 5.91 Å². The lowest BCUT2D eigenvalue weighted by molar-refractivity contribution is 0.0538. The molecule has 3 heterocycles. The number of ether oxygens (including phenoxy) is 1. The summed E-state index contributed by atoms with van der Waals surface area (Å²) in [5, 5.41) is 0.441. The van der Waals surface area contributed by atoms with E-state index in [4.69, 9.17) is 16.3 Å². The fourth-order valence-corrected chi connectivity index (χ4v) is 5.57. The molecule has 2 aliphatic rings. The number of carbonyl (C=O) groups is 1. The zero-order valence-corrected chi connectivity index (χ0v) is 18.1. The molecular formula is C21H24ClN3O4S. The summed E-state index contributed by atoms with van der Waals surface area (Å²) >= 11 is 6.12. The molecule has 4 rings (SSSR count). The van der Waals surface area contributed by atoms with Gasteiger partial charge in [-0.1, -0.05) is 11.6 Å². The Kier molecular flexibility index (Phi) is 6.26. The van der Waals surface area contributed by atoms with Gasteiger partial charge in [0.05, 0.1) is 11.4 Å². The number of piperidine rings is 1. The third-order valence-corrected chi connectivity index (χ3v) is 7.70. The van der Waals surface area contributed by atoms with Gasteiger partial charge in [-0.2, -0.15) is 4.31 Å². The predicted molar refractivity (Wildman–Crippen MR) is 113 cm³/mol. The molecule has 2 saturated heterocycles. The molecule has 2 fully saturated rings. The Morgan fingerprint density at radius 1 is 1.07 bits per heavy atom. The lowest BCUT2D eigenvalue weighted by Gasteiger charge is -2.33. The van der Waals surface area contributed by atoms with Gasteiger partial charge < -0.3 is 9.64 Å². The Labute approximate surface area is 181 Å². The number of halogens is 1. The SMILES string of the molecule is O=C(c1ccc(S(=O)(=O)N2CCCC2)cc1)N1CCCC(Oc2ccncc2Cl)C1. The molecule has 1 unspecified atom stereocenters. The highest BCUT2D eigenvalue weighted by Gasteiger charge is 2.29. The first kappa shape index (κ1) is 21.1. The molecule has 2 aromatic rings. The van der Waals surface area contributed by atoms with E-state index in [9.17, 15) is 13.2 Å². The third kappa shape index (κ3) is 4.45. The fraction of sp³-hybridized carbons (Fsp3) is 0.429. The molecule has 2 aliphatic heterocycles. The molecule has 1 aromatic carbocycles. The van der Waals surface area contributed by atoms with Gasteiger partial charge in [0.1, 0.15) is 16.9 Å². The van der Waals surface area contributed by atoms with Gasteiger partial charge in [0, 0.05) is 43.7 Å². The minimum Gasteiger partial charge on any atom is -0.487 e. The van der Waals surface area contributed by atoms with E-state index in [1.165, 1.54) is 22.6 Å². The Morgan fingerprint density at radius 2 is 1.80 bits per heavy atom. The van der Waals surface area contributed by atoms with Crippen LogP contribution in [0.25, 0.3) is 0 Å². The molecular weight excluding hydrogens is 426 g/mol. The maximum Gasteiger partial charge on any atom is 0.253 e. The number of benzene rings is 1. The van der Waals surface area contributed by atoms with Crippen molar-refractivity contribution >= 4 is 27.5 Å². The first-order valence-electron chi connectivity index (χ1n) is 10.1. The molecule has 9 heteroatoms. The van der Waals surface area contributed by atoms with Crippen molar-refractivity contribution in [2.75, 3.05) is 26.2 Å². The molecule has 0 aliphatic carbocycles. The van der Waals surface area contributed by atoms with Gasteiger partial charge in [0.2, 0.25) is 10.0 Å². The van der Waals surface area contributed by atoms with Crippen LogP contribution in [0.4, 0.5) is 0 Å². The van der Waals surface area contributed by atoms with Crippen LogP contribution in [-0.4, -0.2) is 60.8 Å². The van der Waals surface area contributed by atoms with Crippen molar-refractivity contribution in [2.24, 2.45) is 0 Å². The highest BCUT2D eigenvalue weighted by Crippen LogP contribution is 2.26. The van der Waals surface area contributed by atoms with E-state index in [-0.39, 0.29) is 16.9 Å². The van der Waals surface area contributed by atoms with Crippen LogP contribution in [-0.2, 0) is 10.0 Å². The predicted octanol–water partition coefficient (Wildman–Crippen LogP) is 3.20. The largest absolute Gasteiger partial charge is 0.487 e. The normalized spacial score (nSPS) is 20.3. The van der Waals surface area contributed by atoms with Gasteiger partial charge >= 0.3 is 0 Å². The Bertz CT molecular complexity index is 1010. The van der Waals surface area contributed by atoms with E-state index in [0.29, 0.717) is 42.5 Å². The molecule has 30 heavy (non-hydrogen) atoms. The fourth-order valence-electron chi connectivity index (χ4n) is 3.89. The van der Waals surface area contributed by atoms with E-state index < -0.39 is 10.0 Å². The number of nitrogens with zero attached hydrogens (tertiary/aromatic N) is 3. The first-order valence-corrected chi connectivity index (χ1v) is 11.9. The van der Waals surface area contributed by atoms with Crippen LogP contribution in [0.3, 0.4) is 0 Å². The van der Waals surface area contributed by atoms with Gasteiger partial charge in [-0.05, 0) is 49.9 Å². The van der Waals surface area contributed by atoms with Gasteiger partial charge in [-0.15, -0.1) is 0 Å². The second-order valence-electron chi connectivity index (χ2n) is 7.57. The summed E-state index contributed by atoms with van der Waals surface area (Å²) in [5.41, 5.74) is 0.470. The number of hydrogen-bond donors (Lipinski definition) is 0. The number of hydrogen-bond acceptors (Lipinski definition) is 5. The molecule has 0 saturated carbocycles. The van der Waals surface area contributed by atoms with Crippen molar-refractivity contribution in [3.8, 4) is 5.75 Å². The van der Waals surface area contributed by atoms with Crippen LogP contribution in [0.5, 0.6) is 5.75 Å².